The van der Waals surface area contributed by atoms with E-state index in [1.807, 2.05) is 24.3 Å². The lowest BCUT2D eigenvalue weighted by atomic mass is 9.77. The van der Waals surface area contributed by atoms with Crippen LogP contribution in [-0.2, 0) is 4.74 Å². The average Bonchev–Trinajstić information content (AvgIpc) is 2.67. The summed E-state index contributed by atoms with van der Waals surface area (Å²) in [6, 6.07) is 13.3. The molecule has 2 heterocycles. The third-order valence-corrected chi connectivity index (χ3v) is 5.19. The van der Waals surface area contributed by atoms with Crippen LogP contribution in [0.15, 0.2) is 42.5 Å². The van der Waals surface area contributed by atoms with E-state index in [0.29, 0.717) is 11.5 Å². The highest BCUT2D eigenvalue weighted by Gasteiger charge is 2.39. The molecule has 2 N–H and O–H groups in total. The number of carboxylic acid groups (broad SMARTS) is 1. The Bertz CT molecular complexity index is 787. The van der Waals surface area contributed by atoms with Crippen molar-refractivity contribution >= 4 is 11.7 Å². The summed E-state index contributed by atoms with van der Waals surface area (Å²) in [4.78, 5) is 11.1. The number of fused-ring (bicyclic) bond motifs is 3. The van der Waals surface area contributed by atoms with Gasteiger partial charge in [-0.3, -0.25) is 0 Å². The van der Waals surface area contributed by atoms with Gasteiger partial charge in [-0.25, -0.2) is 4.79 Å². The molecule has 0 bridgehead atoms. The van der Waals surface area contributed by atoms with Gasteiger partial charge in [-0.15, -0.1) is 0 Å². The summed E-state index contributed by atoms with van der Waals surface area (Å²) in [6.07, 6.45) is 2.13. The molecule has 2 aliphatic rings. The lowest BCUT2D eigenvalue weighted by molar-refractivity contribution is -0.0382. The second-order valence-electron chi connectivity index (χ2n) is 6.60. The highest BCUT2D eigenvalue weighted by atomic mass is 16.5. The van der Waals surface area contributed by atoms with Crippen LogP contribution in [0.5, 0.6) is 5.75 Å². The van der Waals surface area contributed by atoms with E-state index in [-0.39, 0.29) is 12.1 Å². The Kier molecular flexibility index (Phi) is 4.09. The van der Waals surface area contributed by atoms with Crippen LogP contribution in [-0.4, -0.2) is 24.8 Å². The fourth-order valence-corrected chi connectivity index (χ4v) is 3.94. The Morgan fingerprint density at radius 3 is 2.76 bits per heavy atom. The third-order valence-electron chi connectivity index (χ3n) is 5.19. The standard InChI is InChI=1S/C20H21NO4/c1-24-14-8-9-17-16(11-14)19-15(3-2-10-25-19)18(21-17)12-4-6-13(7-5-12)20(22)23/h4-9,11,15,18-19,21H,2-3,10H2,1H3,(H,22,23)/t15-,18-,19-/m1/s1. The summed E-state index contributed by atoms with van der Waals surface area (Å²) >= 11 is 0. The number of anilines is 1. The first-order chi connectivity index (χ1) is 12.2. The number of ether oxygens (including phenoxy) is 2. The van der Waals surface area contributed by atoms with Crippen molar-refractivity contribution in [2.75, 3.05) is 19.0 Å². The molecule has 4 rings (SSSR count). The molecule has 25 heavy (non-hydrogen) atoms. The maximum atomic E-state index is 11.1. The van der Waals surface area contributed by atoms with Gasteiger partial charge in [-0.05, 0) is 48.7 Å². The summed E-state index contributed by atoms with van der Waals surface area (Å²) in [6.45, 7) is 0.766. The molecule has 0 saturated carbocycles. The minimum absolute atomic E-state index is 0.0317. The fourth-order valence-electron chi connectivity index (χ4n) is 3.94. The van der Waals surface area contributed by atoms with Gasteiger partial charge >= 0.3 is 5.97 Å². The number of carbonyl (C=O) groups is 1. The predicted molar refractivity (Wildman–Crippen MR) is 94.2 cm³/mol. The first kappa shape index (κ1) is 16.0. The van der Waals surface area contributed by atoms with Crippen molar-refractivity contribution in [2.24, 2.45) is 5.92 Å². The van der Waals surface area contributed by atoms with Crippen molar-refractivity contribution in [1.29, 1.82) is 0 Å². The van der Waals surface area contributed by atoms with Crippen molar-refractivity contribution in [3.8, 4) is 5.75 Å². The molecule has 2 aromatic carbocycles. The second-order valence-corrected chi connectivity index (χ2v) is 6.60. The zero-order chi connectivity index (χ0) is 17.4. The zero-order valence-electron chi connectivity index (χ0n) is 14.1. The second kappa shape index (κ2) is 6.41. The van der Waals surface area contributed by atoms with Gasteiger partial charge in [0.15, 0.2) is 0 Å². The van der Waals surface area contributed by atoms with Gasteiger partial charge in [-0.1, -0.05) is 12.1 Å². The SMILES string of the molecule is COc1ccc2c(c1)[C@@H]1OCCC[C@@H]1[C@@H](c1ccc(C(=O)O)cc1)N2. The van der Waals surface area contributed by atoms with Gasteiger partial charge in [0.2, 0.25) is 0 Å². The first-order valence-electron chi connectivity index (χ1n) is 8.56. The van der Waals surface area contributed by atoms with Crippen LogP contribution in [0.1, 0.15) is 46.5 Å². The number of hydrogen-bond donors (Lipinski definition) is 2. The minimum atomic E-state index is -0.903. The Labute approximate surface area is 146 Å². The molecule has 5 nitrogen and oxygen atoms in total. The summed E-state index contributed by atoms with van der Waals surface area (Å²) in [5.74, 6) is 0.237. The molecule has 3 atom stereocenters. The van der Waals surface area contributed by atoms with Gasteiger partial charge < -0.3 is 19.9 Å². The van der Waals surface area contributed by atoms with Crippen molar-refractivity contribution < 1.29 is 19.4 Å². The smallest absolute Gasteiger partial charge is 0.335 e. The third kappa shape index (κ3) is 2.85. The summed E-state index contributed by atoms with van der Waals surface area (Å²) in [5, 5.41) is 12.7. The molecular formula is C20H21NO4. The lowest BCUT2D eigenvalue weighted by Crippen LogP contribution is -2.36. The maximum absolute atomic E-state index is 11.1. The Hall–Kier alpha value is -2.53. The summed E-state index contributed by atoms with van der Waals surface area (Å²) in [5.41, 5.74) is 3.59. The Morgan fingerprint density at radius 1 is 1.24 bits per heavy atom. The molecule has 0 spiro atoms. The summed E-state index contributed by atoms with van der Waals surface area (Å²) in [7, 11) is 1.67. The van der Waals surface area contributed by atoms with Gasteiger partial charge in [0.1, 0.15) is 5.75 Å². The quantitative estimate of drug-likeness (QED) is 0.884. The molecule has 0 amide bonds. The number of benzene rings is 2. The number of hydrogen-bond acceptors (Lipinski definition) is 4. The first-order valence-corrected chi connectivity index (χ1v) is 8.56. The molecule has 1 saturated heterocycles. The maximum Gasteiger partial charge on any atom is 0.335 e. The molecule has 1 fully saturated rings. The van der Waals surface area contributed by atoms with E-state index in [1.54, 1.807) is 19.2 Å². The molecule has 2 aromatic rings. The number of rotatable bonds is 3. The number of carboxylic acids is 1. The van der Waals surface area contributed by atoms with Crippen molar-refractivity contribution in [3.05, 3.63) is 59.2 Å². The van der Waals surface area contributed by atoms with Crippen LogP contribution in [0.2, 0.25) is 0 Å². The topological polar surface area (TPSA) is 67.8 Å². The van der Waals surface area contributed by atoms with Gasteiger partial charge in [0.25, 0.3) is 0 Å². The van der Waals surface area contributed by atoms with Crippen molar-refractivity contribution in [1.82, 2.24) is 0 Å². The normalized spacial score (nSPS) is 24.6. The molecule has 130 valence electrons. The fraction of sp³-hybridized carbons (Fsp3) is 0.350. The summed E-state index contributed by atoms with van der Waals surface area (Å²) < 4.78 is 11.5. The molecule has 0 radical (unpaired) electrons. The van der Waals surface area contributed by atoms with Crippen LogP contribution in [0, 0.1) is 5.92 Å². The van der Waals surface area contributed by atoms with E-state index in [1.165, 1.54) is 0 Å². The lowest BCUT2D eigenvalue weighted by Gasteiger charge is -2.43. The van der Waals surface area contributed by atoms with Crippen molar-refractivity contribution in [2.45, 2.75) is 25.0 Å². The van der Waals surface area contributed by atoms with Crippen molar-refractivity contribution in [3.63, 3.8) is 0 Å². The number of nitrogens with one attached hydrogen (secondary N) is 1. The van der Waals surface area contributed by atoms with E-state index in [0.717, 1.165) is 42.0 Å². The molecule has 0 aromatic heterocycles. The Balaban J connectivity index is 1.72. The van der Waals surface area contributed by atoms with Gasteiger partial charge in [0.05, 0.1) is 24.8 Å². The molecular weight excluding hydrogens is 318 g/mol. The highest BCUT2D eigenvalue weighted by Crippen LogP contribution is 2.49. The molecule has 5 heteroatoms. The molecule has 0 unspecified atom stereocenters. The van der Waals surface area contributed by atoms with Crippen LogP contribution in [0.4, 0.5) is 5.69 Å². The van der Waals surface area contributed by atoms with Gasteiger partial charge in [0, 0.05) is 23.8 Å². The van der Waals surface area contributed by atoms with Gasteiger partial charge in [-0.2, -0.15) is 0 Å². The average molecular weight is 339 g/mol. The number of aromatic carboxylic acids is 1. The highest BCUT2D eigenvalue weighted by molar-refractivity contribution is 5.87. The largest absolute Gasteiger partial charge is 0.497 e. The predicted octanol–water partition coefficient (Wildman–Crippen LogP) is 4.03. The van der Waals surface area contributed by atoms with E-state index in [9.17, 15) is 4.79 Å². The van der Waals surface area contributed by atoms with E-state index >= 15 is 0 Å². The van der Waals surface area contributed by atoms with E-state index in [4.69, 9.17) is 14.6 Å². The molecule has 2 aliphatic heterocycles. The minimum Gasteiger partial charge on any atom is -0.497 e. The van der Waals surface area contributed by atoms with Crippen LogP contribution >= 0.6 is 0 Å². The van der Waals surface area contributed by atoms with Crippen LogP contribution < -0.4 is 10.1 Å². The van der Waals surface area contributed by atoms with E-state index < -0.39 is 5.97 Å². The van der Waals surface area contributed by atoms with E-state index in [2.05, 4.69) is 11.4 Å². The number of methoxy groups -OCH3 is 1. The van der Waals surface area contributed by atoms with Crippen LogP contribution in [0.3, 0.4) is 0 Å². The monoisotopic (exact) mass is 339 g/mol. The molecule has 0 aliphatic carbocycles. The Morgan fingerprint density at radius 2 is 2.04 bits per heavy atom. The zero-order valence-corrected chi connectivity index (χ0v) is 14.1. The van der Waals surface area contributed by atoms with Crippen LogP contribution in [0.25, 0.3) is 0 Å².